The van der Waals surface area contributed by atoms with Gasteiger partial charge in [0, 0.05) is 10.7 Å². The summed E-state index contributed by atoms with van der Waals surface area (Å²) in [6.45, 7) is 0. The van der Waals surface area contributed by atoms with Crippen LogP contribution in [0.2, 0.25) is 10.0 Å². The van der Waals surface area contributed by atoms with Crippen molar-refractivity contribution >= 4 is 34.8 Å². The van der Waals surface area contributed by atoms with Crippen molar-refractivity contribution in [1.82, 2.24) is 0 Å². The Hall–Kier alpha value is -1.79. The summed E-state index contributed by atoms with van der Waals surface area (Å²) in [7, 11) is 0. The van der Waals surface area contributed by atoms with Gasteiger partial charge in [0.25, 0.3) is 0 Å². The van der Waals surface area contributed by atoms with Crippen molar-refractivity contribution in [3.8, 4) is 0 Å². The first kappa shape index (κ1) is 17.6. The molecule has 2 nitrogen and oxygen atoms in total. The minimum Gasteiger partial charge on any atom is -0.326 e. The van der Waals surface area contributed by atoms with Gasteiger partial charge in [-0.25, -0.2) is 4.39 Å². The Morgan fingerprint density at radius 3 is 2.39 bits per heavy atom. The summed E-state index contributed by atoms with van der Waals surface area (Å²) < 4.78 is 51.8. The summed E-state index contributed by atoms with van der Waals surface area (Å²) in [6, 6.07) is 6.78. The van der Waals surface area contributed by atoms with Gasteiger partial charge >= 0.3 is 6.18 Å². The van der Waals surface area contributed by atoms with Gasteiger partial charge < -0.3 is 5.32 Å². The van der Waals surface area contributed by atoms with Crippen LogP contribution >= 0.6 is 23.2 Å². The van der Waals surface area contributed by atoms with Crippen molar-refractivity contribution in [1.29, 1.82) is 0 Å². The second-order valence-corrected chi connectivity index (χ2v) is 5.50. The van der Waals surface area contributed by atoms with Crippen molar-refractivity contribution in [2.45, 2.75) is 12.6 Å². The van der Waals surface area contributed by atoms with Crippen molar-refractivity contribution in [3.05, 3.63) is 63.4 Å². The number of benzene rings is 2. The Labute approximate surface area is 139 Å². The number of nitrogens with one attached hydrogen (secondary N) is 1. The molecule has 23 heavy (non-hydrogen) atoms. The summed E-state index contributed by atoms with van der Waals surface area (Å²) in [5.41, 5.74) is -1.06. The minimum absolute atomic E-state index is 0.0805. The van der Waals surface area contributed by atoms with Gasteiger partial charge in [-0.1, -0.05) is 29.3 Å². The van der Waals surface area contributed by atoms with E-state index in [1.54, 1.807) is 0 Å². The average molecular weight is 366 g/mol. The SMILES string of the molecule is O=C(Cc1ccc(Cl)cc1F)Nc1ccc(Cl)c(C(F)(F)F)c1. The molecule has 0 unspecified atom stereocenters. The van der Waals surface area contributed by atoms with Gasteiger partial charge in [0.1, 0.15) is 5.82 Å². The first-order valence-corrected chi connectivity index (χ1v) is 7.03. The van der Waals surface area contributed by atoms with Crippen molar-refractivity contribution in [3.63, 3.8) is 0 Å². The van der Waals surface area contributed by atoms with Crippen LogP contribution in [0.15, 0.2) is 36.4 Å². The molecule has 2 aromatic carbocycles. The van der Waals surface area contributed by atoms with Crippen LogP contribution in [0, 0.1) is 5.82 Å². The number of hydrogen-bond acceptors (Lipinski definition) is 1. The molecule has 2 rings (SSSR count). The normalized spacial score (nSPS) is 11.4. The van der Waals surface area contributed by atoms with E-state index in [2.05, 4.69) is 5.32 Å². The zero-order valence-electron chi connectivity index (χ0n) is 11.3. The van der Waals surface area contributed by atoms with Gasteiger partial charge in [0.05, 0.1) is 17.0 Å². The second-order valence-electron chi connectivity index (χ2n) is 4.65. The summed E-state index contributed by atoms with van der Waals surface area (Å²) >= 11 is 11.1. The van der Waals surface area contributed by atoms with Crippen molar-refractivity contribution in [2.75, 3.05) is 5.32 Å². The van der Waals surface area contributed by atoms with Gasteiger partial charge in [0.2, 0.25) is 5.91 Å². The topological polar surface area (TPSA) is 29.1 Å². The van der Waals surface area contributed by atoms with Crippen LogP contribution in [0.25, 0.3) is 0 Å². The molecule has 1 N–H and O–H groups in total. The van der Waals surface area contributed by atoms with Crippen LogP contribution in [0.5, 0.6) is 0 Å². The fourth-order valence-corrected chi connectivity index (χ4v) is 2.25. The lowest BCUT2D eigenvalue weighted by molar-refractivity contribution is -0.137. The molecule has 0 atom stereocenters. The number of halogens is 6. The molecule has 0 aliphatic rings. The number of carbonyl (C=O) groups excluding carboxylic acids is 1. The van der Waals surface area contributed by atoms with E-state index >= 15 is 0 Å². The van der Waals surface area contributed by atoms with Gasteiger partial charge in [-0.15, -0.1) is 0 Å². The highest BCUT2D eigenvalue weighted by atomic mass is 35.5. The lowest BCUT2D eigenvalue weighted by Gasteiger charge is -2.12. The monoisotopic (exact) mass is 365 g/mol. The van der Waals surface area contributed by atoms with Crippen LogP contribution in [0.3, 0.4) is 0 Å². The molecule has 122 valence electrons. The number of anilines is 1. The summed E-state index contributed by atoms with van der Waals surface area (Å²) in [5, 5.41) is 1.98. The number of alkyl halides is 3. The van der Waals surface area contributed by atoms with E-state index in [9.17, 15) is 22.4 Å². The standard InChI is InChI=1S/C15H9Cl2F4NO/c16-9-2-1-8(13(18)6-9)5-14(23)22-10-3-4-12(17)11(7-10)15(19,20)21/h1-4,6-7H,5H2,(H,22,23). The van der Waals surface area contributed by atoms with Crippen LogP contribution in [-0.4, -0.2) is 5.91 Å². The molecule has 0 saturated carbocycles. The van der Waals surface area contributed by atoms with E-state index in [0.29, 0.717) is 0 Å². The van der Waals surface area contributed by atoms with E-state index in [1.165, 1.54) is 18.2 Å². The highest BCUT2D eigenvalue weighted by Gasteiger charge is 2.33. The van der Waals surface area contributed by atoms with Gasteiger partial charge in [-0.05, 0) is 35.9 Å². The van der Waals surface area contributed by atoms with E-state index in [0.717, 1.165) is 18.2 Å². The van der Waals surface area contributed by atoms with Crippen LogP contribution < -0.4 is 5.32 Å². The Kier molecular flexibility index (Phi) is 5.16. The minimum atomic E-state index is -4.64. The molecule has 0 aromatic heterocycles. The molecule has 0 aliphatic heterocycles. The first-order chi connectivity index (χ1) is 10.7. The third-order valence-electron chi connectivity index (χ3n) is 2.92. The highest BCUT2D eigenvalue weighted by Crippen LogP contribution is 2.36. The Bertz CT molecular complexity index is 747. The molecule has 0 radical (unpaired) electrons. The molecule has 0 saturated heterocycles. The molecule has 0 aliphatic carbocycles. The summed E-state index contributed by atoms with van der Waals surface area (Å²) in [6.07, 6.45) is -4.98. The lowest BCUT2D eigenvalue weighted by atomic mass is 10.1. The maximum Gasteiger partial charge on any atom is 0.417 e. The largest absolute Gasteiger partial charge is 0.417 e. The third-order valence-corrected chi connectivity index (χ3v) is 3.49. The third kappa shape index (κ3) is 4.59. The molecule has 0 fully saturated rings. The number of hydrogen-bond donors (Lipinski definition) is 1. The van der Waals surface area contributed by atoms with Crippen LogP contribution in [0.1, 0.15) is 11.1 Å². The van der Waals surface area contributed by atoms with Crippen molar-refractivity contribution in [2.24, 2.45) is 0 Å². The van der Waals surface area contributed by atoms with E-state index in [4.69, 9.17) is 23.2 Å². The fraction of sp³-hybridized carbons (Fsp3) is 0.133. The predicted octanol–water partition coefficient (Wildman–Crippen LogP) is 5.33. The molecule has 0 bridgehead atoms. The average Bonchev–Trinajstić information content (AvgIpc) is 2.43. The summed E-state index contributed by atoms with van der Waals surface area (Å²) in [4.78, 5) is 11.8. The Morgan fingerprint density at radius 2 is 1.78 bits per heavy atom. The maximum absolute atomic E-state index is 13.6. The maximum atomic E-state index is 13.6. The van der Waals surface area contributed by atoms with Gasteiger partial charge in [0.15, 0.2) is 0 Å². The van der Waals surface area contributed by atoms with E-state index in [-0.39, 0.29) is 22.7 Å². The molecular formula is C15H9Cl2F4NO. The number of amides is 1. The number of rotatable bonds is 3. The lowest BCUT2D eigenvalue weighted by Crippen LogP contribution is -2.16. The van der Waals surface area contributed by atoms with Crippen LogP contribution in [-0.2, 0) is 17.4 Å². The molecule has 2 aromatic rings. The first-order valence-electron chi connectivity index (χ1n) is 6.27. The summed E-state index contributed by atoms with van der Waals surface area (Å²) in [5.74, 6) is -1.33. The predicted molar refractivity (Wildman–Crippen MR) is 80.2 cm³/mol. The quantitative estimate of drug-likeness (QED) is 0.731. The number of carbonyl (C=O) groups is 1. The highest BCUT2D eigenvalue weighted by molar-refractivity contribution is 6.31. The van der Waals surface area contributed by atoms with Crippen molar-refractivity contribution < 1.29 is 22.4 Å². The Morgan fingerprint density at radius 1 is 1.09 bits per heavy atom. The molecule has 0 heterocycles. The zero-order chi connectivity index (χ0) is 17.2. The zero-order valence-corrected chi connectivity index (χ0v) is 12.9. The van der Waals surface area contributed by atoms with Gasteiger partial charge in [-0.2, -0.15) is 13.2 Å². The van der Waals surface area contributed by atoms with Gasteiger partial charge in [-0.3, -0.25) is 4.79 Å². The van der Waals surface area contributed by atoms with Crippen LogP contribution in [0.4, 0.5) is 23.2 Å². The molecular weight excluding hydrogens is 357 g/mol. The van der Waals surface area contributed by atoms with E-state index in [1.807, 2.05) is 0 Å². The Balaban J connectivity index is 2.14. The molecule has 0 spiro atoms. The molecule has 8 heteroatoms. The second kappa shape index (κ2) is 6.76. The molecule has 1 amide bonds. The van der Waals surface area contributed by atoms with E-state index < -0.39 is 28.5 Å². The fourth-order valence-electron chi connectivity index (χ4n) is 1.86. The smallest absolute Gasteiger partial charge is 0.326 e.